The number of benzene rings is 1. The molecule has 0 aliphatic rings. The highest BCUT2D eigenvalue weighted by atomic mass is 79.9. The maximum atomic E-state index is 11.9. The van der Waals surface area contributed by atoms with Gasteiger partial charge in [0.25, 0.3) is 0 Å². The Kier molecular flexibility index (Phi) is 3.63. The lowest BCUT2D eigenvalue weighted by Gasteiger charge is -2.20. The van der Waals surface area contributed by atoms with Gasteiger partial charge in [0.15, 0.2) is 0 Å². The predicted molar refractivity (Wildman–Crippen MR) is 68.5 cm³/mol. The van der Waals surface area contributed by atoms with E-state index in [9.17, 15) is 4.79 Å². The van der Waals surface area contributed by atoms with Crippen LogP contribution in [0.25, 0.3) is 0 Å². The number of esters is 1. The lowest BCUT2D eigenvalue weighted by Crippen LogP contribution is -2.24. The molecule has 0 heterocycles. The van der Waals surface area contributed by atoms with Crippen molar-refractivity contribution in [2.75, 3.05) is 5.73 Å². The summed E-state index contributed by atoms with van der Waals surface area (Å²) < 4.78 is 6.09. The van der Waals surface area contributed by atoms with Crippen molar-refractivity contribution in [3.63, 3.8) is 0 Å². The van der Waals surface area contributed by atoms with Gasteiger partial charge in [0.1, 0.15) is 5.60 Å². The quantitative estimate of drug-likeness (QED) is 0.636. The lowest BCUT2D eigenvalue weighted by atomic mass is 10.1. The minimum absolute atomic E-state index is 0.394. The maximum absolute atomic E-state index is 11.9. The normalized spacial score (nSPS) is 11.3. The Hall–Kier alpha value is -1.03. The zero-order valence-electron chi connectivity index (χ0n) is 9.93. The second-order valence-corrected chi connectivity index (χ2v) is 5.60. The van der Waals surface area contributed by atoms with Crippen molar-refractivity contribution in [3.8, 4) is 0 Å². The number of hydrogen-bond acceptors (Lipinski definition) is 3. The van der Waals surface area contributed by atoms with Crippen molar-refractivity contribution in [3.05, 3.63) is 27.7 Å². The molecule has 3 nitrogen and oxygen atoms in total. The van der Waals surface area contributed by atoms with Crippen LogP contribution in [0.2, 0.25) is 0 Å². The summed E-state index contributed by atoms with van der Waals surface area (Å²) in [6.07, 6.45) is 0. The van der Waals surface area contributed by atoms with E-state index in [0.717, 1.165) is 10.0 Å². The third kappa shape index (κ3) is 3.23. The van der Waals surface area contributed by atoms with Crippen LogP contribution in [0.15, 0.2) is 16.6 Å². The molecule has 0 fully saturated rings. The first-order valence-electron chi connectivity index (χ1n) is 4.99. The van der Waals surface area contributed by atoms with Crippen LogP contribution in [-0.2, 0) is 4.74 Å². The fourth-order valence-corrected chi connectivity index (χ4v) is 1.83. The Balaban J connectivity index is 3.09. The molecule has 0 aliphatic heterocycles. The van der Waals surface area contributed by atoms with Gasteiger partial charge in [0, 0.05) is 10.2 Å². The molecule has 2 N–H and O–H groups in total. The molecule has 0 saturated carbocycles. The predicted octanol–water partition coefficient (Wildman–Crippen LogP) is 3.30. The van der Waals surface area contributed by atoms with Gasteiger partial charge in [0.2, 0.25) is 0 Å². The SMILES string of the molecule is Cc1cc(Br)cc(C(=O)OC(C)(C)C)c1N. The van der Waals surface area contributed by atoms with Gasteiger partial charge in [-0.05, 0) is 45.4 Å². The third-order valence-corrected chi connectivity index (χ3v) is 2.43. The molecule has 0 amide bonds. The molecule has 1 rings (SSSR count). The number of ether oxygens (including phenoxy) is 1. The summed E-state index contributed by atoms with van der Waals surface area (Å²) >= 11 is 3.33. The molecular weight excluding hydrogens is 270 g/mol. The number of anilines is 1. The number of carbonyl (C=O) groups excluding carboxylic acids is 1. The standard InChI is InChI=1S/C12H16BrNO2/c1-7-5-8(13)6-9(10(7)14)11(15)16-12(2,3)4/h5-6H,14H2,1-4H3. The van der Waals surface area contributed by atoms with Crippen LogP contribution in [0.3, 0.4) is 0 Å². The zero-order chi connectivity index (χ0) is 12.5. The molecule has 16 heavy (non-hydrogen) atoms. The molecular formula is C12H16BrNO2. The summed E-state index contributed by atoms with van der Waals surface area (Å²) in [6, 6.07) is 3.54. The number of aryl methyl sites for hydroxylation is 1. The monoisotopic (exact) mass is 285 g/mol. The van der Waals surface area contributed by atoms with Crippen molar-refractivity contribution >= 4 is 27.6 Å². The fraction of sp³-hybridized carbons (Fsp3) is 0.417. The number of nitrogen functional groups attached to an aromatic ring is 1. The third-order valence-electron chi connectivity index (χ3n) is 1.97. The largest absolute Gasteiger partial charge is 0.456 e. The number of hydrogen-bond donors (Lipinski definition) is 1. The summed E-state index contributed by atoms with van der Waals surface area (Å²) in [5, 5.41) is 0. The molecule has 0 atom stereocenters. The molecule has 0 bridgehead atoms. The van der Waals surface area contributed by atoms with E-state index in [2.05, 4.69) is 15.9 Å². The number of halogens is 1. The van der Waals surface area contributed by atoms with Crippen molar-refractivity contribution < 1.29 is 9.53 Å². The summed E-state index contributed by atoms with van der Waals surface area (Å²) in [6.45, 7) is 7.33. The summed E-state index contributed by atoms with van der Waals surface area (Å²) in [4.78, 5) is 11.9. The fourth-order valence-electron chi connectivity index (χ4n) is 1.26. The average Bonchev–Trinajstić information content (AvgIpc) is 2.08. The van der Waals surface area contributed by atoms with E-state index >= 15 is 0 Å². The van der Waals surface area contributed by atoms with Crippen molar-refractivity contribution in [2.24, 2.45) is 0 Å². The van der Waals surface area contributed by atoms with E-state index in [0.29, 0.717) is 11.3 Å². The minimum Gasteiger partial charge on any atom is -0.456 e. The summed E-state index contributed by atoms with van der Waals surface area (Å²) in [5.74, 6) is -0.394. The molecule has 0 unspecified atom stereocenters. The Morgan fingerprint density at radius 1 is 1.38 bits per heavy atom. The molecule has 0 saturated heterocycles. The second kappa shape index (κ2) is 4.45. The first-order chi connectivity index (χ1) is 7.20. The number of carbonyl (C=O) groups is 1. The van der Waals surface area contributed by atoms with E-state index in [1.54, 1.807) is 6.07 Å². The van der Waals surface area contributed by atoms with Crippen LogP contribution in [0.5, 0.6) is 0 Å². The number of rotatable bonds is 1. The average molecular weight is 286 g/mol. The molecule has 4 heteroatoms. The Bertz CT molecular complexity index is 422. The van der Waals surface area contributed by atoms with Crippen molar-refractivity contribution in [2.45, 2.75) is 33.3 Å². The van der Waals surface area contributed by atoms with Crippen LogP contribution < -0.4 is 5.73 Å². The number of nitrogens with two attached hydrogens (primary N) is 1. The Morgan fingerprint density at radius 2 is 1.94 bits per heavy atom. The Morgan fingerprint density at radius 3 is 2.44 bits per heavy atom. The Labute approximate surface area is 104 Å². The smallest absolute Gasteiger partial charge is 0.340 e. The highest BCUT2D eigenvalue weighted by molar-refractivity contribution is 9.10. The van der Waals surface area contributed by atoms with Crippen molar-refractivity contribution in [1.82, 2.24) is 0 Å². The first kappa shape index (κ1) is 13.0. The molecule has 0 spiro atoms. The highest BCUT2D eigenvalue weighted by Crippen LogP contribution is 2.25. The molecule has 0 radical (unpaired) electrons. The molecule has 0 aromatic heterocycles. The second-order valence-electron chi connectivity index (χ2n) is 4.69. The van der Waals surface area contributed by atoms with Gasteiger partial charge in [-0.25, -0.2) is 4.79 Å². The van der Waals surface area contributed by atoms with Crippen LogP contribution in [-0.4, -0.2) is 11.6 Å². The molecule has 1 aromatic carbocycles. The zero-order valence-corrected chi connectivity index (χ0v) is 11.5. The van der Waals surface area contributed by atoms with Crippen LogP contribution in [0, 0.1) is 6.92 Å². The van der Waals surface area contributed by atoms with Crippen LogP contribution in [0.1, 0.15) is 36.7 Å². The van der Waals surface area contributed by atoms with E-state index in [4.69, 9.17) is 10.5 Å². The van der Waals surface area contributed by atoms with Gasteiger partial charge in [-0.3, -0.25) is 0 Å². The van der Waals surface area contributed by atoms with Crippen LogP contribution >= 0.6 is 15.9 Å². The highest BCUT2D eigenvalue weighted by Gasteiger charge is 2.20. The van der Waals surface area contributed by atoms with Gasteiger partial charge >= 0.3 is 5.97 Å². The lowest BCUT2D eigenvalue weighted by molar-refractivity contribution is 0.00706. The van der Waals surface area contributed by atoms with Crippen molar-refractivity contribution in [1.29, 1.82) is 0 Å². The topological polar surface area (TPSA) is 52.3 Å². The van der Waals surface area contributed by atoms with Gasteiger partial charge in [-0.2, -0.15) is 0 Å². The summed E-state index contributed by atoms with van der Waals surface area (Å²) in [5.41, 5.74) is 7.07. The van der Waals surface area contributed by atoms with Crippen LogP contribution in [0.4, 0.5) is 5.69 Å². The maximum Gasteiger partial charge on any atom is 0.340 e. The first-order valence-corrected chi connectivity index (χ1v) is 5.79. The van der Waals surface area contributed by atoms with E-state index in [-0.39, 0.29) is 0 Å². The summed E-state index contributed by atoms with van der Waals surface area (Å²) in [7, 11) is 0. The van der Waals surface area contributed by atoms with Gasteiger partial charge in [-0.1, -0.05) is 15.9 Å². The van der Waals surface area contributed by atoms with E-state index in [1.807, 2.05) is 33.8 Å². The minimum atomic E-state index is -0.514. The van der Waals surface area contributed by atoms with E-state index in [1.165, 1.54) is 0 Å². The van der Waals surface area contributed by atoms with Gasteiger partial charge in [-0.15, -0.1) is 0 Å². The van der Waals surface area contributed by atoms with Gasteiger partial charge < -0.3 is 10.5 Å². The molecule has 88 valence electrons. The van der Waals surface area contributed by atoms with Gasteiger partial charge in [0.05, 0.1) is 5.56 Å². The molecule has 1 aromatic rings. The molecule has 0 aliphatic carbocycles. The van der Waals surface area contributed by atoms with E-state index < -0.39 is 11.6 Å².